The number of halogens is 1. The first-order valence-electron chi connectivity index (χ1n) is 9.96. The molecule has 0 amide bonds. The normalized spacial score (nSPS) is 10.5. The fraction of sp³-hybridized carbons (Fsp3) is 0.125. The highest BCUT2D eigenvalue weighted by molar-refractivity contribution is 5.83. The van der Waals surface area contributed by atoms with E-state index in [9.17, 15) is 4.39 Å². The Bertz CT molecular complexity index is 1270. The predicted molar refractivity (Wildman–Crippen MR) is 123 cm³/mol. The van der Waals surface area contributed by atoms with Crippen molar-refractivity contribution in [3.63, 3.8) is 0 Å². The van der Waals surface area contributed by atoms with Crippen molar-refractivity contribution < 1.29 is 9.13 Å². The van der Waals surface area contributed by atoms with Crippen LogP contribution in [0, 0.1) is 18.2 Å². The molecule has 7 nitrogen and oxygen atoms in total. The average molecular weight is 428 g/mol. The van der Waals surface area contributed by atoms with Gasteiger partial charge in [0, 0.05) is 48.2 Å². The van der Waals surface area contributed by atoms with Crippen LogP contribution in [-0.4, -0.2) is 28.0 Å². The second kappa shape index (κ2) is 9.73. The second-order valence-electron chi connectivity index (χ2n) is 6.94. The van der Waals surface area contributed by atoms with E-state index in [1.54, 1.807) is 36.7 Å². The molecule has 0 bridgehead atoms. The zero-order valence-corrected chi connectivity index (χ0v) is 17.2. The van der Waals surface area contributed by atoms with Crippen molar-refractivity contribution in [1.29, 1.82) is 0 Å². The molecule has 160 valence electrons. The van der Waals surface area contributed by atoms with Crippen LogP contribution >= 0.6 is 0 Å². The molecule has 8 heteroatoms. The number of benzene rings is 2. The highest BCUT2D eigenvalue weighted by Crippen LogP contribution is 2.26. The summed E-state index contributed by atoms with van der Waals surface area (Å²) in [7, 11) is 0. The summed E-state index contributed by atoms with van der Waals surface area (Å²) in [6.07, 6.45) is 9.07. The van der Waals surface area contributed by atoms with Gasteiger partial charge in [0.05, 0.1) is 11.1 Å². The van der Waals surface area contributed by atoms with Crippen LogP contribution in [0.4, 0.5) is 21.8 Å². The minimum absolute atomic E-state index is 0.295. The summed E-state index contributed by atoms with van der Waals surface area (Å²) in [5, 5.41) is 6.88. The Morgan fingerprint density at radius 3 is 2.75 bits per heavy atom. The summed E-state index contributed by atoms with van der Waals surface area (Å²) in [4.78, 5) is 13.1. The number of anilines is 3. The Kier molecular flexibility index (Phi) is 6.39. The van der Waals surface area contributed by atoms with E-state index in [4.69, 9.17) is 16.9 Å². The lowest BCUT2D eigenvalue weighted by Crippen LogP contribution is -2.13. The molecular weight excluding hydrogens is 407 g/mol. The zero-order valence-electron chi connectivity index (χ0n) is 17.2. The fourth-order valence-corrected chi connectivity index (χ4v) is 3.02. The Morgan fingerprint density at radius 1 is 1.09 bits per heavy atom. The molecule has 0 aliphatic carbocycles. The smallest absolute Gasteiger partial charge is 0.227 e. The monoisotopic (exact) mass is 428 g/mol. The molecule has 0 aliphatic rings. The fourth-order valence-electron chi connectivity index (χ4n) is 3.02. The van der Waals surface area contributed by atoms with Gasteiger partial charge in [-0.15, -0.1) is 6.42 Å². The molecule has 0 radical (unpaired) electrons. The van der Waals surface area contributed by atoms with E-state index in [0.29, 0.717) is 48.2 Å². The van der Waals surface area contributed by atoms with Crippen molar-refractivity contribution in [2.45, 2.75) is 6.61 Å². The van der Waals surface area contributed by atoms with E-state index in [2.05, 4.69) is 31.5 Å². The molecule has 2 aromatic carbocycles. The molecule has 4 rings (SSSR count). The molecule has 0 aliphatic heterocycles. The van der Waals surface area contributed by atoms with Crippen LogP contribution in [-0.2, 0) is 6.61 Å². The maximum atomic E-state index is 13.4. The molecule has 4 aromatic rings. The standard InChI is InChI=1S/C24H21FN6O/c1-2-17-10-18-14-29-24(30-20-5-3-4-19(25)11-20)31-21(18)12-22(17)32-15-16-6-7-23(28-13-16)27-9-8-26/h1,3-7,10-14H,8-9,15,26H2,(H,27,28)(H,29,30,31). The number of hydrogen-bond acceptors (Lipinski definition) is 7. The van der Waals surface area contributed by atoms with Crippen molar-refractivity contribution >= 4 is 28.4 Å². The third-order valence-corrected chi connectivity index (χ3v) is 4.59. The number of nitrogens with two attached hydrogens (primary N) is 1. The van der Waals surface area contributed by atoms with Crippen LogP contribution in [0.15, 0.2) is 60.9 Å². The van der Waals surface area contributed by atoms with E-state index in [1.165, 1.54) is 12.1 Å². The topological polar surface area (TPSA) is 98.0 Å². The third kappa shape index (κ3) is 5.09. The Hall–Kier alpha value is -4.22. The van der Waals surface area contributed by atoms with Gasteiger partial charge in [-0.1, -0.05) is 18.1 Å². The highest BCUT2D eigenvalue weighted by atomic mass is 19.1. The summed E-state index contributed by atoms with van der Waals surface area (Å²) in [6.45, 7) is 1.49. The maximum Gasteiger partial charge on any atom is 0.227 e. The lowest BCUT2D eigenvalue weighted by molar-refractivity contribution is 0.305. The van der Waals surface area contributed by atoms with Crippen molar-refractivity contribution in [1.82, 2.24) is 15.0 Å². The molecule has 0 saturated heterocycles. The summed E-state index contributed by atoms with van der Waals surface area (Å²) in [6, 6.07) is 13.4. The number of nitrogens with zero attached hydrogens (tertiary/aromatic N) is 3. The van der Waals surface area contributed by atoms with Gasteiger partial charge in [0.1, 0.15) is 24.0 Å². The number of pyridine rings is 1. The first-order valence-corrected chi connectivity index (χ1v) is 9.96. The number of ether oxygens (including phenoxy) is 1. The minimum Gasteiger partial charge on any atom is -0.487 e. The molecule has 4 N–H and O–H groups in total. The van der Waals surface area contributed by atoms with Gasteiger partial charge >= 0.3 is 0 Å². The maximum absolute atomic E-state index is 13.4. The Morgan fingerprint density at radius 2 is 2.00 bits per heavy atom. The van der Waals surface area contributed by atoms with Gasteiger partial charge in [-0.25, -0.2) is 19.3 Å². The summed E-state index contributed by atoms with van der Waals surface area (Å²) in [5.41, 5.74) is 8.17. The van der Waals surface area contributed by atoms with Crippen molar-refractivity contribution in [3.05, 3.63) is 77.9 Å². The van der Waals surface area contributed by atoms with Crippen LogP contribution in [0.1, 0.15) is 11.1 Å². The second-order valence-corrected chi connectivity index (χ2v) is 6.94. The van der Waals surface area contributed by atoms with Crippen LogP contribution < -0.4 is 21.1 Å². The summed E-state index contributed by atoms with van der Waals surface area (Å²) >= 11 is 0. The van der Waals surface area contributed by atoms with Gasteiger partial charge in [0.2, 0.25) is 5.95 Å². The van der Waals surface area contributed by atoms with E-state index in [-0.39, 0.29) is 5.82 Å². The molecular formula is C24H21FN6O. The third-order valence-electron chi connectivity index (χ3n) is 4.59. The number of terminal acetylenes is 1. The van der Waals surface area contributed by atoms with E-state index < -0.39 is 0 Å². The summed E-state index contributed by atoms with van der Waals surface area (Å²) in [5.74, 6) is 3.92. The molecule has 0 unspecified atom stereocenters. The van der Waals surface area contributed by atoms with Gasteiger partial charge in [0.25, 0.3) is 0 Å². The summed E-state index contributed by atoms with van der Waals surface area (Å²) < 4.78 is 19.4. The number of nitrogens with one attached hydrogen (secondary N) is 2. The van der Waals surface area contributed by atoms with Crippen molar-refractivity contribution in [3.8, 4) is 18.1 Å². The van der Waals surface area contributed by atoms with Gasteiger partial charge in [-0.05, 0) is 30.3 Å². The van der Waals surface area contributed by atoms with Crippen LogP contribution in [0.5, 0.6) is 5.75 Å². The first-order chi connectivity index (χ1) is 15.6. The lowest BCUT2D eigenvalue weighted by Gasteiger charge is -2.11. The number of aromatic nitrogens is 3. The number of rotatable bonds is 8. The molecule has 2 heterocycles. The zero-order chi connectivity index (χ0) is 22.3. The quantitative estimate of drug-likeness (QED) is 0.367. The number of hydrogen-bond donors (Lipinski definition) is 3. The van der Waals surface area contributed by atoms with Gasteiger partial charge in [-0.2, -0.15) is 0 Å². The van der Waals surface area contributed by atoms with E-state index in [0.717, 1.165) is 16.8 Å². The molecule has 0 atom stereocenters. The molecule has 0 fully saturated rings. The molecule has 2 aromatic heterocycles. The predicted octanol–water partition coefficient (Wildman–Crippen LogP) is 3.84. The Labute approximate surface area is 184 Å². The van der Waals surface area contributed by atoms with E-state index in [1.807, 2.05) is 12.1 Å². The van der Waals surface area contributed by atoms with Crippen LogP contribution in [0.2, 0.25) is 0 Å². The average Bonchev–Trinajstić information content (AvgIpc) is 2.81. The largest absolute Gasteiger partial charge is 0.487 e. The first kappa shape index (κ1) is 21.0. The van der Waals surface area contributed by atoms with E-state index >= 15 is 0 Å². The Balaban J connectivity index is 1.53. The van der Waals surface area contributed by atoms with Gasteiger partial charge in [0.15, 0.2) is 0 Å². The van der Waals surface area contributed by atoms with Crippen LogP contribution in [0.3, 0.4) is 0 Å². The molecule has 0 saturated carbocycles. The van der Waals surface area contributed by atoms with Crippen LogP contribution in [0.25, 0.3) is 10.9 Å². The SMILES string of the molecule is C#Cc1cc2cnc(Nc3cccc(F)c3)nc2cc1OCc1ccc(NCCN)nc1. The van der Waals surface area contributed by atoms with Gasteiger partial charge in [-0.3, -0.25) is 0 Å². The highest BCUT2D eigenvalue weighted by Gasteiger charge is 2.09. The van der Waals surface area contributed by atoms with Crippen molar-refractivity contribution in [2.75, 3.05) is 23.7 Å². The molecule has 32 heavy (non-hydrogen) atoms. The number of fused-ring (bicyclic) bond motifs is 1. The minimum atomic E-state index is -0.345. The van der Waals surface area contributed by atoms with Crippen molar-refractivity contribution in [2.24, 2.45) is 5.73 Å². The lowest BCUT2D eigenvalue weighted by atomic mass is 10.1. The molecule has 0 spiro atoms. The van der Waals surface area contributed by atoms with Gasteiger partial charge < -0.3 is 21.1 Å².